The van der Waals surface area contributed by atoms with Gasteiger partial charge < -0.3 is 9.73 Å². The van der Waals surface area contributed by atoms with Crippen molar-refractivity contribution in [2.24, 2.45) is 0 Å². The van der Waals surface area contributed by atoms with Gasteiger partial charge in [-0.05, 0) is 6.92 Å². The molecule has 3 aromatic rings. The van der Waals surface area contributed by atoms with Crippen LogP contribution >= 0.6 is 23.1 Å². The van der Waals surface area contributed by atoms with Crippen LogP contribution in [-0.4, -0.2) is 20.8 Å². The van der Waals surface area contributed by atoms with Crippen molar-refractivity contribution in [3.05, 3.63) is 64.0 Å². The molecule has 1 unspecified atom stereocenters. The summed E-state index contributed by atoms with van der Waals surface area (Å²) in [6.45, 7) is 3.99. The Kier molecular flexibility index (Phi) is 6.42. The van der Waals surface area contributed by atoms with Crippen LogP contribution < -0.4 is 5.32 Å². The van der Waals surface area contributed by atoms with Gasteiger partial charge in [-0.25, -0.2) is 9.97 Å². The Morgan fingerprint density at radius 1 is 1.36 bits per heavy atom. The molecule has 8 nitrogen and oxygen atoms in total. The standard InChI is InChI=1S/C18H18N4O4S2/c1-3-13-9-19-17(26-13)11(2)27-16-10-20-18(28-16)21-15(23)8-12-6-4-5-7-14(12)22(24)25/h4-7,9-11H,3,8H2,1-2H3,(H,20,21,23). The van der Waals surface area contributed by atoms with Crippen molar-refractivity contribution in [3.8, 4) is 0 Å². The van der Waals surface area contributed by atoms with Crippen molar-refractivity contribution in [1.82, 2.24) is 9.97 Å². The van der Waals surface area contributed by atoms with E-state index in [1.807, 2.05) is 13.8 Å². The predicted octanol–water partition coefficient (Wildman–Crippen LogP) is 4.64. The molecular formula is C18H18N4O4S2. The van der Waals surface area contributed by atoms with Crippen LogP contribution in [0.25, 0.3) is 0 Å². The molecule has 0 aliphatic rings. The van der Waals surface area contributed by atoms with Gasteiger partial charge in [0.25, 0.3) is 5.69 Å². The molecular weight excluding hydrogens is 400 g/mol. The molecule has 0 saturated heterocycles. The topological polar surface area (TPSA) is 111 Å². The molecule has 0 radical (unpaired) electrons. The Hall–Kier alpha value is -2.72. The number of oxazole rings is 1. The normalized spacial score (nSPS) is 11.9. The number of nitrogens with one attached hydrogen (secondary N) is 1. The number of para-hydroxylation sites is 1. The number of anilines is 1. The molecule has 2 heterocycles. The van der Waals surface area contributed by atoms with Crippen LogP contribution in [0, 0.1) is 10.1 Å². The lowest BCUT2D eigenvalue weighted by atomic mass is 10.1. The summed E-state index contributed by atoms with van der Waals surface area (Å²) in [6.07, 6.45) is 4.11. The van der Waals surface area contributed by atoms with Crippen LogP contribution in [0.15, 0.2) is 45.3 Å². The summed E-state index contributed by atoms with van der Waals surface area (Å²) < 4.78 is 6.57. The summed E-state index contributed by atoms with van der Waals surface area (Å²) in [5, 5.41) is 14.2. The summed E-state index contributed by atoms with van der Waals surface area (Å²) in [5.74, 6) is 1.14. The number of nitro benzene ring substituents is 1. The molecule has 0 spiro atoms. The number of carbonyl (C=O) groups excluding carboxylic acids is 1. The second-order valence-corrected chi connectivity index (χ2v) is 8.55. The highest BCUT2D eigenvalue weighted by atomic mass is 32.2. The minimum Gasteiger partial charge on any atom is -0.445 e. The molecule has 0 fully saturated rings. The number of nitro groups is 1. The average molecular weight is 419 g/mol. The minimum absolute atomic E-state index is 0.0104. The second-order valence-electron chi connectivity index (χ2n) is 5.87. The van der Waals surface area contributed by atoms with Crippen molar-refractivity contribution >= 4 is 39.8 Å². The van der Waals surface area contributed by atoms with E-state index in [0.717, 1.165) is 16.4 Å². The minimum atomic E-state index is -0.491. The third-order valence-electron chi connectivity index (χ3n) is 3.83. The first-order valence-electron chi connectivity index (χ1n) is 8.55. The smallest absolute Gasteiger partial charge is 0.273 e. The number of benzene rings is 1. The Bertz CT molecular complexity index is 985. The van der Waals surface area contributed by atoms with Gasteiger partial charge in [0.05, 0.1) is 33.2 Å². The second kappa shape index (κ2) is 8.98. The predicted molar refractivity (Wildman–Crippen MR) is 108 cm³/mol. The summed E-state index contributed by atoms with van der Waals surface area (Å²) >= 11 is 2.87. The molecule has 0 bridgehead atoms. The van der Waals surface area contributed by atoms with Gasteiger partial charge in [0.1, 0.15) is 5.76 Å². The van der Waals surface area contributed by atoms with Gasteiger partial charge in [-0.1, -0.05) is 36.5 Å². The molecule has 3 rings (SSSR count). The summed E-state index contributed by atoms with van der Waals surface area (Å²) in [4.78, 5) is 31.3. The number of hydrogen-bond acceptors (Lipinski definition) is 8. The van der Waals surface area contributed by atoms with E-state index in [2.05, 4.69) is 15.3 Å². The number of thiazole rings is 1. The number of thioether (sulfide) groups is 1. The van der Waals surface area contributed by atoms with Crippen LogP contribution in [0.3, 0.4) is 0 Å². The maximum absolute atomic E-state index is 12.2. The third-order valence-corrected chi connectivity index (χ3v) is 5.97. The van der Waals surface area contributed by atoms with Gasteiger partial charge in [0.15, 0.2) is 5.13 Å². The molecule has 0 saturated carbocycles. The molecule has 28 heavy (non-hydrogen) atoms. The van der Waals surface area contributed by atoms with E-state index in [4.69, 9.17) is 4.42 Å². The SMILES string of the molecule is CCc1cnc(C(C)Sc2cnc(NC(=O)Cc3ccccc3[N+](=O)[O-])s2)o1. The van der Waals surface area contributed by atoms with Crippen molar-refractivity contribution in [2.75, 3.05) is 5.32 Å². The van der Waals surface area contributed by atoms with E-state index in [-0.39, 0.29) is 23.3 Å². The summed E-state index contributed by atoms with van der Waals surface area (Å²) in [5.41, 5.74) is 0.291. The first-order chi connectivity index (χ1) is 13.5. The lowest BCUT2D eigenvalue weighted by molar-refractivity contribution is -0.385. The molecule has 2 aromatic heterocycles. The van der Waals surface area contributed by atoms with Crippen LogP contribution in [0.2, 0.25) is 0 Å². The maximum Gasteiger partial charge on any atom is 0.273 e. The highest BCUT2D eigenvalue weighted by Crippen LogP contribution is 2.38. The van der Waals surface area contributed by atoms with Crippen LogP contribution in [0.5, 0.6) is 0 Å². The fourth-order valence-electron chi connectivity index (χ4n) is 2.45. The first kappa shape index (κ1) is 20.0. The number of rotatable bonds is 8. The highest BCUT2D eigenvalue weighted by Gasteiger charge is 2.18. The zero-order chi connectivity index (χ0) is 20.1. The van der Waals surface area contributed by atoms with Gasteiger partial charge in [0.2, 0.25) is 11.8 Å². The maximum atomic E-state index is 12.2. The van der Waals surface area contributed by atoms with Gasteiger partial charge in [-0.3, -0.25) is 14.9 Å². The Morgan fingerprint density at radius 3 is 2.86 bits per heavy atom. The molecule has 1 amide bonds. The average Bonchev–Trinajstić information content (AvgIpc) is 3.31. The van der Waals surface area contributed by atoms with E-state index >= 15 is 0 Å². The molecule has 0 aliphatic carbocycles. The largest absolute Gasteiger partial charge is 0.445 e. The fraction of sp³-hybridized carbons (Fsp3) is 0.278. The van der Waals surface area contributed by atoms with Gasteiger partial charge >= 0.3 is 0 Å². The lowest BCUT2D eigenvalue weighted by Crippen LogP contribution is -2.15. The number of hydrogen-bond donors (Lipinski definition) is 1. The van der Waals surface area contributed by atoms with E-state index in [0.29, 0.717) is 16.6 Å². The number of aromatic nitrogens is 2. The van der Waals surface area contributed by atoms with Crippen molar-refractivity contribution < 1.29 is 14.1 Å². The van der Waals surface area contributed by atoms with Crippen LogP contribution in [0.4, 0.5) is 10.8 Å². The molecule has 1 aromatic carbocycles. The molecule has 1 atom stereocenters. The quantitative estimate of drug-likeness (QED) is 0.322. The fourth-order valence-corrected chi connectivity index (χ4v) is 4.55. The summed E-state index contributed by atoms with van der Waals surface area (Å²) in [6, 6.07) is 6.20. The number of aryl methyl sites for hydroxylation is 1. The Labute approximate surface area is 169 Å². The van der Waals surface area contributed by atoms with Crippen molar-refractivity contribution in [2.45, 2.75) is 36.1 Å². The van der Waals surface area contributed by atoms with Crippen LogP contribution in [0.1, 0.15) is 36.3 Å². The molecule has 1 N–H and O–H groups in total. The van der Waals surface area contributed by atoms with Crippen LogP contribution in [-0.2, 0) is 17.6 Å². The molecule has 146 valence electrons. The third kappa shape index (κ3) is 4.96. The van der Waals surface area contributed by atoms with Gasteiger partial charge in [0, 0.05) is 18.1 Å². The Morgan fingerprint density at radius 2 is 2.14 bits per heavy atom. The summed E-state index contributed by atoms with van der Waals surface area (Å²) in [7, 11) is 0. The van der Waals surface area contributed by atoms with E-state index in [9.17, 15) is 14.9 Å². The number of amides is 1. The van der Waals surface area contributed by atoms with Crippen molar-refractivity contribution in [1.29, 1.82) is 0 Å². The number of carbonyl (C=O) groups is 1. The highest BCUT2D eigenvalue weighted by molar-refractivity contribution is 8.01. The monoisotopic (exact) mass is 418 g/mol. The van der Waals surface area contributed by atoms with Crippen molar-refractivity contribution in [3.63, 3.8) is 0 Å². The first-order valence-corrected chi connectivity index (χ1v) is 10.2. The molecule has 10 heteroatoms. The van der Waals surface area contributed by atoms with Gasteiger partial charge in [-0.2, -0.15) is 0 Å². The van der Waals surface area contributed by atoms with Gasteiger partial charge in [-0.15, -0.1) is 11.8 Å². The number of nitrogens with zero attached hydrogens (tertiary/aromatic N) is 3. The van der Waals surface area contributed by atoms with E-state index < -0.39 is 4.92 Å². The molecule has 0 aliphatic heterocycles. The zero-order valence-electron chi connectivity index (χ0n) is 15.2. The van der Waals surface area contributed by atoms with E-state index in [1.54, 1.807) is 30.6 Å². The van der Waals surface area contributed by atoms with E-state index in [1.165, 1.54) is 29.2 Å². The zero-order valence-corrected chi connectivity index (χ0v) is 16.9. The Balaban J connectivity index is 1.60. The lowest BCUT2D eigenvalue weighted by Gasteiger charge is -2.04.